The van der Waals surface area contributed by atoms with Gasteiger partial charge in [0.2, 0.25) is 5.95 Å². The number of aryl methyl sites for hydroxylation is 1. The molecule has 0 amide bonds. The molecule has 2 aromatic heterocycles. The minimum atomic E-state index is -0.417. The summed E-state index contributed by atoms with van der Waals surface area (Å²) in [6.45, 7) is 2.71. The van der Waals surface area contributed by atoms with Gasteiger partial charge < -0.3 is 15.7 Å². The second kappa shape index (κ2) is 7.55. The first-order chi connectivity index (χ1) is 15.5. The van der Waals surface area contributed by atoms with E-state index < -0.39 is 5.60 Å². The van der Waals surface area contributed by atoms with Crippen molar-refractivity contribution in [3.05, 3.63) is 54.2 Å². The van der Waals surface area contributed by atoms with Gasteiger partial charge in [-0.3, -0.25) is 0 Å². The Kier molecular flexibility index (Phi) is 4.64. The average molecular weight is 432 g/mol. The van der Waals surface area contributed by atoms with Gasteiger partial charge in [-0.1, -0.05) is 12.1 Å². The van der Waals surface area contributed by atoms with E-state index >= 15 is 0 Å². The number of aliphatic hydroxyl groups is 1. The molecule has 32 heavy (non-hydrogen) atoms. The lowest BCUT2D eigenvalue weighted by Crippen LogP contribution is -2.59. The summed E-state index contributed by atoms with van der Waals surface area (Å²) in [5, 5.41) is 22.2. The number of benzene rings is 1. The highest BCUT2D eigenvalue weighted by molar-refractivity contribution is 5.57. The number of nitrogens with one attached hydrogen (secondary N) is 2. The highest BCUT2D eigenvalue weighted by Crippen LogP contribution is 2.56. The molecule has 7 rings (SSSR count). The maximum atomic E-state index is 10.9. The summed E-state index contributed by atoms with van der Waals surface area (Å²) in [6, 6.07) is 8.56. The average Bonchev–Trinajstić information content (AvgIpc) is 3.25. The predicted molar refractivity (Wildman–Crippen MR) is 122 cm³/mol. The van der Waals surface area contributed by atoms with Gasteiger partial charge in [-0.05, 0) is 74.5 Å². The van der Waals surface area contributed by atoms with Gasteiger partial charge in [-0.25, -0.2) is 14.6 Å². The van der Waals surface area contributed by atoms with E-state index in [9.17, 15) is 5.11 Å². The Balaban J connectivity index is 1.18. The fraction of sp³-hybridized carbons (Fsp3) is 0.500. The van der Waals surface area contributed by atoms with Crippen LogP contribution in [0.25, 0.3) is 0 Å². The van der Waals surface area contributed by atoms with Crippen LogP contribution in [-0.2, 0) is 6.54 Å². The second-order valence-electron chi connectivity index (χ2n) is 10.0. The van der Waals surface area contributed by atoms with E-state index in [4.69, 9.17) is 4.98 Å². The van der Waals surface area contributed by atoms with E-state index in [-0.39, 0.29) is 0 Å². The molecule has 3 aromatic rings. The zero-order chi connectivity index (χ0) is 21.7. The Morgan fingerprint density at radius 3 is 2.78 bits per heavy atom. The summed E-state index contributed by atoms with van der Waals surface area (Å²) >= 11 is 0. The topological polar surface area (TPSA) is 101 Å². The van der Waals surface area contributed by atoms with E-state index in [1.165, 1.54) is 12.8 Å². The largest absolute Gasteiger partial charge is 0.390 e. The first-order valence-corrected chi connectivity index (χ1v) is 11.5. The number of anilines is 3. The van der Waals surface area contributed by atoms with Crippen molar-refractivity contribution >= 4 is 17.5 Å². The molecule has 2 atom stereocenters. The van der Waals surface area contributed by atoms with E-state index in [0.717, 1.165) is 41.9 Å². The zero-order valence-electron chi connectivity index (χ0n) is 18.3. The normalized spacial score (nSPS) is 30.4. The number of aromatic nitrogens is 5. The Morgan fingerprint density at radius 1 is 1.19 bits per heavy atom. The van der Waals surface area contributed by atoms with Crippen LogP contribution in [0.4, 0.5) is 17.5 Å². The van der Waals surface area contributed by atoms with Gasteiger partial charge in [0.25, 0.3) is 0 Å². The van der Waals surface area contributed by atoms with Crippen molar-refractivity contribution in [2.45, 2.75) is 57.2 Å². The van der Waals surface area contributed by atoms with E-state index in [2.05, 4.69) is 44.8 Å². The molecule has 166 valence electrons. The lowest BCUT2D eigenvalue weighted by atomic mass is 9.52. The molecule has 4 bridgehead atoms. The lowest BCUT2D eigenvalue weighted by molar-refractivity contribution is -0.129. The molecule has 0 saturated heterocycles. The van der Waals surface area contributed by atoms with Crippen molar-refractivity contribution in [2.24, 2.45) is 17.8 Å². The van der Waals surface area contributed by atoms with Crippen LogP contribution in [0.5, 0.6) is 0 Å². The highest BCUT2D eigenvalue weighted by Gasteiger charge is 2.54. The van der Waals surface area contributed by atoms with Gasteiger partial charge in [-0.15, -0.1) is 0 Å². The maximum Gasteiger partial charge on any atom is 0.229 e. The van der Waals surface area contributed by atoms with Crippen LogP contribution in [0.1, 0.15) is 43.2 Å². The summed E-state index contributed by atoms with van der Waals surface area (Å²) in [5.74, 6) is 3.24. The van der Waals surface area contributed by atoms with Crippen LogP contribution in [-0.4, -0.2) is 41.5 Å². The minimum Gasteiger partial charge on any atom is -0.390 e. The molecule has 0 radical (unpaired) electrons. The fourth-order valence-electron chi connectivity index (χ4n) is 6.40. The van der Waals surface area contributed by atoms with Crippen LogP contribution in [0.2, 0.25) is 0 Å². The Bertz CT molecular complexity index is 1100. The smallest absolute Gasteiger partial charge is 0.229 e. The van der Waals surface area contributed by atoms with Crippen LogP contribution < -0.4 is 10.6 Å². The van der Waals surface area contributed by atoms with Crippen molar-refractivity contribution in [3.63, 3.8) is 0 Å². The van der Waals surface area contributed by atoms with Crippen LogP contribution in [0, 0.1) is 24.7 Å². The predicted octanol–water partition coefficient (Wildman–Crippen LogP) is 3.52. The molecule has 4 fully saturated rings. The molecule has 1 aromatic carbocycles. The summed E-state index contributed by atoms with van der Waals surface area (Å²) in [5.41, 5.74) is 2.69. The Morgan fingerprint density at radius 2 is 2.03 bits per heavy atom. The third-order valence-electron chi connectivity index (χ3n) is 7.51. The van der Waals surface area contributed by atoms with Gasteiger partial charge in [0, 0.05) is 23.5 Å². The quantitative estimate of drug-likeness (QED) is 0.549. The molecule has 2 heterocycles. The third-order valence-corrected chi connectivity index (χ3v) is 7.51. The lowest BCUT2D eigenvalue weighted by Gasteiger charge is -2.58. The van der Waals surface area contributed by atoms with Crippen LogP contribution in [0.15, 0.2) is 43.1 Å². The maximum absolute atomic E-state index is 10.9. The Labute approximate surface area is 187 Å². The minimum absolute atomic E-state index is 0.388. The van der Waals surface area contributed by atoms with E-state index in [0.29, 0.717) is 36.3 Å². The molecular formula is C24H29N7O. The van der Waals surface area contributed by atoms with Crippen LogP contribution in [0.3, 0.4) is 0 Å². The molecule has 8 heteroatoms. The monoisotopic (exact) mass is 431 g/mol. The standard InChI is InChI=1S/C24H29N7O/c1-15-11-26-23(28-20-4-2-3-16(7-20)12-31-14-25-13-27-31)30-22(15)29-21-18-5-17-6-19(21)10-24(32,8-17)9-18/h2-4,7,11,13-14,17-19,21,32H,5-6,8-10,12H2,1H3,(H2,26,28,29,30). The zero-order valence-corrected chi connectivity index (χ0v) is 18.3. The number of rotatable bonds is 6. The fourth-order valence-corrected chi connectivity index (χ4v) is 6.40. The van der Waals surface area contributed by atoms with E-state index in [1.54, 1.807) is 17.3 Å². The molecule has 3 N–H and O–H groups in total. The molecule has 4 saturated carbocycles. The van der Waals surface area contributed by atoms with Crippen molar-refractivity contribution in [2.75, 3.05) is 10.6 Å². The number of nitrogens with zero attached hydrogens (tertiary/aromatic N) is 5. The van der Waals surface area contributed by atoms with Crippen molar-refractivity contribution < 1.29 is 5.11 Å². The van der Waals surface area contributed by atoms with Gasteiger partial charge in [0.05, 0.1) is 12.1 Å². The molecule has 0 aliphatic heterocycles. The van der Waals surface area contributed by atoms with Crippen molar-refractivity contribution in [3.8, 4) is 0 Å². The second-order valence-corrected chi connectivity index (χ2v) is 10.0. The molecule has 0 spiro atoms. The first kappa shape index (κ1) is 19.7. The van der Waals surface area contributed by atoms with E-state index in [1.807, 2.05) is 18.3 Å². The first-order valence-electron chi connectivity index (χ1n) is 11.5. The van der Waals surface area contributed by atoms with Crippen molar-refractivity contribution in [1.29, 1.82) is 0 Å². The van der Waals surface area contributed by atoms with Gasteiger partial charge in [-0.2, -0.15) is 10.1 Å². The molecule has 8 nitrogen and oxygen atoms in total. The number of hydrogen-bond donors (Lipinski definition) is 3. The molecular weight excluding hydrogens is 402 g/mol. The molecule has 4 aliphatic rings. The number of hydrogen-bond acceptors (Lipinski definition) is 7. The van der Waals surface area contributed by atoms with Crippen molar-refractivity contribution in [1.82, 2.24) is 24.7 Å². The summed E-state index contributed by atoms with van der Waals surface area (Å²) in [7, 11) is 0. The SMILES string of the molecule is Cc1cnc(Nc2cccc(Cn3cncn3)c2)nc1NC1C2CC3CC1CC(O)(C3)C2. The van der Waals surface area contributed by atoms with Gasteiger partial charge in [0.1, 0.15) is 18.5 Å². The highest BCUT2D eigenvalue weighted by atomic mass is 16.3. The van der Waals surface area contributed by atoms with Gasteiger partial charge in [0.15, 0.2) is 0 Å². The van der Waals surface area contributed by atoms with Crippen LogP contribution >= 0.6 is 0 Å². The summed E-state index contributed by atoms with van der Waals surface area (Å²) < 4.78 is 1.80. The molecule has 2 unspecified atom stereocenters. The summed E-state index contributed by atoms with van der Waals surface area (Å²) in [4.78, 5) is 13.3. The Hall–Kier alpha value is -3.00. The molecule has 4 aliphatic carbocycles. The third kappa shape index (κ3) is 3.72. The van der Waals surface area contributed by atoms with Gasteiger partial charge >= 0.3 is 0 Å². The summed E-state index contributed by atoms with van der Waals surface area (Å²) in [6.07, 6.45) is 10.4.